The molecule has 4 aromatic rings. The summed E-state index contributed by atoms with van der Waals surface area (Å²) in [6.07, 6.45) is 0. The molecule has 0 heterocycles. The largest absolute Gasteiger partial charge is 0.453 e. The Kier molecular flexibility index (Phi) is 5.96. The van der Waals surface area contributed by atoms with Crippen LogP contribution >= 0.6 is 0 Å². The Bertz CT molecular complexity index is 1300. The fraction of sp³-hybridized carbons (Fsp3) is 0.111. The summed E-state index contributed by atoms with van der Waals surface area (Å²) in [5, 5.41) is 0. The van der Waals surface area contributed by atoms with Crippen molar-refractivity contribution in [1.29, 1.82) is 0 Å². The third-order valence-electron chi connectivity index (χ3n) is 5.97. The number of nitrogen functional groups attached to an aromatic ring is 6. The van der Waals surface area contributed by atoms with E-state index in [0.717, 1.165) is 11.1 Å². The fourth-order valence-electron chi connectivity index (χ4n) is 3.78. The van der Waals surface area contributed by atoms with Gasteiger partial charge in [0.1, 0.15) is 11.5 Å². The zero-order chi connectivity index (χ0) is 25.3. The van der Waals surface area contributed by atoms with Crippen molar-refractivity contribution in [2.75, 3.05) is 34.4 Å². The first-order valence-electron chi connectivity index (χ1n) is 11.0. The normalized spacial score (nSPS) is 11.3. The minimum atomic E-state index is -0.403. The second kappa shape index (κ2) is 8.90. The highest BCUT2D eigenvalue weighted by atomic mass is 16.5. The minimum Gasteiger partial charge on any atom is -0.453 e. The molecule has 0 spiro atoms. The number of rotatable bonds is 6. The summed E-state index contributed by atoms with van der Waals surface area (Å²) in [4.78, 5) is 0. The Morgan fingerprint density at radius 1 is 0.457 bits per heavy atom. The van der Waals surface area contributed by atoms with Crippen LogP contribution in [0.5, 0.6) is 23.0 Å². The van der Waals surface area contributed by atoms with Gasteiger partial charge in [0, 0.05) is 16.8 Å². The molecule has 0 saturated heterocycles. The maximum Gasteiger partial charge on any atom is 0.150 e. The quantitative estimate of drug-likeness (QED) is 0.211. The van der Waals surface area contributed by atoms with Crippen LogP contribution in [0, 0.1) is 0 Å². The monoisotopic (exact) mass is 470 g/mol. The third kappa shape index (κ3) is 4.81. The number of anilines is 6. The summed E-state index contributed by atoms with van der Waals surface area (Å²) in [6, 6.07) is 21.5. The molecule has 0 radical (unpaired) electrons. The van der Waals surface area contributed by atoms with Gasteiger partial charge < -0.3 is 43.9 Å². The van der Waals surface area contributed by atoms with E-state index < -0.39 is 5.41 Å². The third-order valence-corrected chi connectivity index (χ3v) is 5.97. The molecular weight excluding hydrogens is 440 g/mol. The van der Waals surface area contributed by atoms with Gasteiger partial charge in [0.25, 0.3) is 0 Å². The van der Waals surface area contributed by atoms with E-state index in [-0.39, 0.29) is 0 Å². The maximum absolute atomic E-state index is 6.33. The van der Waals surface area contributed by atoms with E-state index in [0.29, 0.717) is 57.1 Å². The molecule has 180 valence electrons. The van der Waals surface area contributed by atoms with Crippen LogP contribution in [0.1, 0.15) is 25.0 Å². The predicted octanol–water partition coefficient (Wildman–Crippen LogP) is 5.09. The summed E-state index contributed by atoms with van der Waals surface area (Å²) in [6.45, 7) is 4.18. The van der Waals surface area contributed by atoms with Crippen LogP contribution in [0.4, 0.5) is 34.1 Å². The minimum absolute atomic E-state index is 0.403. The number of benzene rings is 4. The van der Waals surface area contributed by atoms with Crippen molar-refractivity contribution in [3.8, 4) is 23.0 Å². The van der Waals surface area contributed by atoms with Crippen molar-refractivity contribution in [3.05, 3.63) is 83.9 Å². The number of ether oxygens (including phenoxy) is 2. The topological polar surface area (TPSA) is 175 Å². The molecule has 12 N–H and O–H groups in total. The maximum atomic E-state index is 6.33. The van der Waals surface area contributed by atoms with Crippen molar-refractivity contribution in [3.63, 3.8) is 0 Å². The van der Waals surface area contributed by atoms with Crippen molar-refractivity contribution < 1.29 is 9.47 Å². The zero-order valence-corrected chi connectivity index (χ0v) is 19.7. The first-order chi connectivity index (χ1) is 16.5. The van der Waals surface area contributed by atoms with Crippen molar-refractivity contribution in [2.45, 2.75) is 19.3 Å². The van der Waals surface area contributed by atoms with Gasteiger partial charge in [-0.15, -0.1) is 0 Å². The summed E-state index contributed by atoms with van der Waals surface area (Å²) in [5.74, 6) is 1.99. The SMILES string of the molecule is CC(C)(c1ccc(Oc2ccc(N)cc2N)c(N)c1)c1ccc(Oc2ccc(N)cc2N)c(N)c1. The molecule has 0 saturated carbocycles. The molecule has 8 heteroatoms. The highest BCUT2D eigenvalue weighted by molar-refractivity contribution is 5.66. The van der Waals surface area contributed by atoms with E-state index in [1.807, 2.05) is 36.4 Å². The van der Waals surface area contributed by atoms with Gasteiger partial charge >= 0.3 is 0 Å². The first-order valence-corrected chi connectivity index (χ1v) is 11.0. The van der Waals surface area contributed by atoms with Gasteiger partial charge in [-0.2, -0.15) is 0 Å². The van der Waals surface area contributed by atoms with Gasteiger partial charge in [-0.3, -0.25) is 0 Å². The van der Waals surface area contributed by atoms with E-state index in [4.69, 9.17) is 43.9 Å². The number of nitrogens with two attached hydrogens (primary N) is 6. The van der Waals surface area contributed by atoms with Crippen LogP contribution in [0.2, 0.25) is 0 Å². The average molecular weight is 471 g/mol. The Labute approximate surface area is 204 Å². The van der Waals surface area contributed by atoms with Gasteiger partial charge in [-0.1, -0.05) is 26.0 Å². The molecule has 0 bridgehead atoms. The van der Waals surface area contributed by atoms with E-state index in [9.17, 15) is 0 Å². The Hall–Kier alpha value is -4.72. The van der Waals surface area contributed by atoms with Crippen molar-refractivity contribution >= 4 is 34.1 Å². The summed E-state index contributed by atoms with van der Waals surface area (Å²) < 4.78 is 11.8. The lowest BCUT2D eigenvalue weighted by Crippen LogP contribution is -2.19. The van der Waals surface area contributed by atoms with Gasteiger partial charge in [0.2, 0.25) is 0 Å². The van der Waals surface area contributed by atoms with Crippen LogP contribution in [-0.4, -0.2) is 0 Å². The molecule has 4 rings (SSSR count). The molecule has 0 amide bonds. The van der Waals surface area contributed by atoms with E-state index in [2.05, 4.69) is 13.8 Å². The van der Waals surface area contributed by atoms with Crippen molar-refractivity contribution in [1.82, 2.24) is 0 Å². The van der Waals surface area contributed by atoms with Gasteiger partial charge in [-0.25, -0.2) is 0 Å². The van der Waals surface area contributed by atoms with E-state index >= 15 is 0 Å². The molecule has 0 fully saturated rings. The van der Waals surface area contributed by atoms with Gasteiger partial charge in [0.05, 0.1) is 22.7 Å². The van der Waals surface area contributed by atoms with Gasteiger partial charge in [-0.05, 0) is 71.8 Å². The zero-order valence-electron chi connectivity index (χ0n) is 19.7. The fourth-order valence-corrected chi connectivity index (χ4v) is 3.78. The Morgan fingerprint density at radius 2 is 0.771 bits per heavy atom. The predicted molar refractivity (Wildman–Crippen MR) is 145 cm³/mol. The van der Waals surface area contributed by atoms with Crippen molar-refractivity contribution in [2.24, 2.45) is 0 Å². The van der Waals surface area contributed by atoms with Gasteiger partial charge in [0.15, 0.2) is 11.5 Å². The lowest BCUT2D eigenvalue weighted by molar-refractivity contribution is 0.486. The lowest BCUT2D eigenvalue weighted by atomic mass is 9.78. The Morgan fingerprint density at radius 3 is 1.09 bits per heavy atom. The molecule has 8 nitrogen and oxygen atoms in total. The number of hydrogen-bond acceptors (Lipinski definition) is 8. The van der Waals surface area contributed by atoms with Crippen LogP contribution in [0.3, 0.4) is 0 Å². The number of hydrogen-bond donors (Lipinski definition) is 6. The molecule has 0 aliphatic rings. The average Bonchev–Trinajstić information content (AvgIpc) is 2.79. The second-order valence-electron chi connectivity index (χ2n) is 8.93. The molecule has 0 unspecified atom stereocenters. The Balaban J connectivity index is 1.57. The lowest BCUT2D eigenvalue weighted by Gasteiger charge is -2.27. The van der Waals surface area contributed by atoms with E-state index in [1.165, 1.54) is 0 Å². The van der Waals surface area contributed by atoms with Crippen LogP contribution in [0.15, 0.2) is 72.8 Å². The standard InChI is InChI=1S/C27H30N6O2/c1-27(2,15-3-7-23(19(30)11-15)34-25-9-5-17(28)13-21(25)32)16-4-8-24(20(31)12-16)35-26-10-6-18(29)14-22(26)33/h3-14H,28-33H2,1-2H3. The second-order valence-corrected chi connectivity index (χ2v) is 8.93. The molecule has 0 atom stereocenters. The molecule has 35 heavy (non-hydrogen) atoms. The molecule has 0 aromatic heterocycles. The molecular formula is C27H30N6O2. The molecule has 0 aliphatic heterocycles. The smallest absolute Gasteiger partial charge is 0.150 e. The molecule has 4 aromatic carbocycles. The van der Waals surface area contributed by atoms with Crippen LogP contribution in [0.25, 0.3) is 0 Å². The van der Waals surface area contributed by atoms with Crippen LogP contribution < -0.4 is 43.9 Å². The first kappa shape index (κ1) is 23.4. The summed E-state index contributed by atoms with van der Waals surface area (Å²) in [5.41, 5.74) is 40.7. The van der Waals surface area contributed by atoms with Crippen LogP contribution in [-0.2, 0) is 5.41 Å². The summed E-state index contributed by atoms with van der Waals surface area (Å²) >= 11 is 0. The summed E-state index contributed by atoms with van der Waals surface area (Å²) in [7, 11) is 0. The highest BCUT2D eigenvalue weighted by Crippen LogP contribution is 2.40. The van der Waals surface area contributed by atoms with E-state index in [1.54, 1.807) is 36.4 Å². The molecule has 0 aliphatic carbocycles. The highest BCUT2D eigenvalue weighted by Gasteiger charge is 2.25.